The molecule has 0 saturated carbocycles. The van der Waals surface area contributed by atoms with Crippen LogP contribution in [-0.2, 0) is 6.54 Å². The van der Waals surface area contributed by atoms with Crippen LogP contribution in [0.1, 0.15) is 5.56 Å². The minimum atomic E-state index is 0.705. The molecule has 5 heteroatoms. The molecule has 0 aliphatic heterocycles. The van der Waals surface area contributed by atoms with Crippen LogP contribution in [0, 0.1) is 0 Å². The van der Waals surface area contributed by atoms with E-state index in [1.165, 1.54) is 5.56 Å². The van der Waals surface area contributed by atoms with Gasteiger partial charge in [0.05, 0.1) is 6.20 Å². The molecular formula is C19H16BrN3O. The van der Waals surface area contributed by atoms with Crippen molar-refractivity contribution in [2.75, 3.05) is 14.1 Å². The first-order valence-electron chi connectivity index (χ1n) is 7.69. The van der Waals surface area contributed by atoms with Gasteiger partial charge in [0.1, 0.15) is 11.1 Å². The molecule has 0 amide bonds. The molecule has 0 unspecified atom stereocenters. The van der Waals surface area contributed by atoms with Crippen LogP contribution in [0.2, 0.25) is 0 Å². The molecule has 0 aliphatic rings. The lowest BCUT2D eigenvalue weighted by Gasteiger charge is -2.10. The summed E-state index contributed by atoms with van der Waals surface area (Å²) in [6.45, 7) is 0.887. The van der Waals surface area contributed by atoms with Crippen molar-refractivity contribution in [2.24, 2.45) is 0 Å². The van der Waals surface area contributed by atoms with Gasteiger partial charge in [-0.25, -0.2) is 9.97 Å². The summed E-state index contributed by atoms with van der Waals surface area (Å²) in [6.07, 6.45) is 1.75. The summed E-state index contributed by atoms with van der Waals surface area (Å²) < 4.78 is 6.83. The van der Waals surface area contributed by atoms with Gasteiger partial charge in [0, 0.05) is 22.0 Å². The van der Waals surface area contributed by atoms with E-state index >= 15 is 0 Å². The largest absolute Gasteiger partial charge is 0.453 e. The summed E-state index contributed by atoms with van der Waals surface area (Å²) >= 11 is 3.51. The molecule has 0 saturated heterocycles. The van der Waals surface area contributed by atoms with Crippen molar-refractivity contribution < 1.29 is 4.42 Å². The average Bonchev–Trinajstić information content (AvgIpc) is 2.91. The third-order valence-electron chi connectivity index (χ3n) is 3.86. The SMILES string of the molecule is CN(C)Cc1cccc(-c2ncc3oc4ccc(Br)cc4c3n2)c1. The Balaban J connectivity index is 1.85. The van der Waals surface area contributed by atoms with Crippen molar-refractivity contribution in [1.29, 1.82) is 0 Å². The highest BCUT2D eigenvalue weighted by Crippen LogP contribution is 2.30. The standard InChI is InChI=1S/C19H16BrN3O/c1-23(2)11-12-4-3-5-13(8-12)19-21-10-17-18(22-19)15-9-14(20)6-7-16(15)24-17/h3-10H,11H2,1-2H3. The van der Waals surface area contributed by atoms with E-state index in [4.69, 9.17) is 9.40 Å². The summed E-state index contributed by atoms with van der Waals surface area (Å²) in [5.41, 5.74) is 4.62. The van der Waals surface area contributed by atoms with Crippen LogP contribution in [0.25, 0.3) is 33.5 Å². The summed E-state index contributed by atoms with van der Waals surface area (Å²) in [5.74, 6) is 0.714. The quantitative estimate of drug-likeness (QED) is 0.507. The van der Waals surface area contributed by atoms with Crippen molar-refractivity contribution in [1.82, 2.24) is 14.9 Å². The fraction of sp³-hybridized carbons (Fsp3) is 0.158. The van der Waals surface area contributed by atoms with Gasteiger partial charge >= 0.3 is 0 Å². The molecule has 0 aliphatic carbocycles. The Morgan fingerprint density at radius 2 is 1.96 bits per heavy atom. The zero-order valence-corrected chi connectivity index (χ0v) is 15.0. The van der Waals surface area contributed by atoms with Crippen molar-refractivity contribution in [3.05, 3.63) is 58.7 Å². The van der Waals surface area contributed by atoms with Crippen LogP contribution in [0.4, 0.5) is 0 Å². The van der Waals surface area contributed by atoms with Crippen molar-refractivity contribution in [3.63, 3.8) is 0 Å². The zero-order chi connectivity index (χ0) is 16.7. The molecule has 0 bridgehead atoms. The van der Waals surface area contributed by atoms with Crippen LogP contribution >= 0.6 is 15.9 Å². The molecule has 4 rings (SSSR count). The number of furan rings is 1. The molecule has 4 aromatic rings. The molecule has 4 nitrogen and oxygen atoms in total. The Hall–Kier alpha value is -2.24. The van der Waals surface area contributed by atoms with E-state index in [0.717, 1.165) is 33.1 Å². The van der Waals surface area contributed by atoms with E-state index in [1.54, 1.807) is 6.20 Å². The maximum absolute atomic E-state index is 5.82. The van der Waals surface area contributed by atoms with E-state index in [0.29, 0.717) is 11.4 Å². The number of fused-ring (bicyclic) bond motifs is 3. The average molecular weight is 382 g/mol. The van der Waals surface area contributed by atoms with Gasteiger partial charge in [-0.1, -0.05) is 34.1 Å². The van der Waals surface area contributed by atoms with Crippen LogP contribution < -0.4 is 0 Å². The van der Waals surface area contributed by atoms with Gasteiger partial charge in [-0.05, 0) is 43.9 Å². The number of rotatable bonds is 3. The fourth-order valence-electron chi connectivity index (χ4n) is 2.85. The summed E-state index contributed by atoms with van der Waals surface area (Å²) in [7, 11) is 4.12. The molecule has 0 spiro atoms. The number of nitrogens with zero attached hydrogens (tertiary/aromatic N) is 3. The monoisotopic (exact) mass is 381 g/mol. The molecular weight excluding hydrogens is 366 g/mol. The highest BCUT2D eigenvalue weighted by molar-refractivity contribution is 9.10. The highest BCUT2D eigenvalue weighted by Gasteiger charge is 2.11. The van der Waals surface area contributed by atoms with Gasteiger partial charge in [0.25, 0.3) is 0 Å². The minimum absolute atomic E-state index is 0.705. The topological polar surface area (TPSA) is 42.2 Å². The smallest absolute Gasteiger partial charge is 0.172 e. The third-order valence-corrected chi connectivity index (χ3v) is 4.35. The van der Waals surface area contributed by atoms with Gasteiger partial charge < -0.3 is 9.32 Å². The van der Waals surface area contributed by atoms with Crippen molar-refractivity contribution in [3.8, 4) is 11.4 Å². The highest BCUT2D eigenvalue weighted by atomic mass is 79.9. The molecule has 2 heterocycles. The van der Waals surface area contributed by atoms with E-state index in [9.17, 15) is 0 Å². The molecule has 0 N–H and O–H groups in total. The fourth-order valence-corrected chi connectivity index (χ4v) is 3.21. The van der Waals surface area contributed by atoms with Gasteiger partial charge in [0.15, 0.2) is 11.4 Å². The Morgan fingerprint density at radius 1 is 1.08 bits per heavy atom. The number of halogens is 1. The second-order valence-corrected chi connectivity index (χ2v) is 7.00. The van der Waals surface area contributed by atoms with Crippen molar-refractivity contribution >= 4 is 38.0 Å². The Kier molecular flexibility index (Phi) is 3.82. The molecule has 0 fully saturated rings. The maximum Gasteiger partial charge on any atom is 0.172 e. The Morgan fingerprint density at radius 3 is 2.79 bits per heavy atom. The summed E-state index contributed by atoms with van der Waals surface area (Å²) in [5, 5.41) is 0.993. The van der Waals surface area contributed by atoms with Crippen molar-refractivity contribution in [2.45, 2.75) is 6.54 Å². The van der Waals surface area contributed by atoms with Gasteiger partial charge in [0.2, 0.25) is 0 Å². The maximum atomic E-state index is 5.82. The Bertz CT molecular complexity index is 1040. The van der Waals surface area contributed by atoms with E-state index in [1.807, 2.05) is 30.3 Å². The Labute approximate surface area is 148 Å². The van der Waals surface area contributed by atoms with E-state index in [2.05, 4.69) is 52.0 Å². The molecule has 0 radical (unpaired) electrons. The molecule has 0 atom stereocenters. The third kappa shape index (κ3) is 2.81. The first-order chi connectivity index (χ1) is 11.6. The number of hydrogen-bond acceptors (Lipinski definition) is 4. The predicted molar refractivity (Wildman–Crippen MR) is 99.8 cm³/mol. The molecule has 2 aromatic carbocycles. The normalized spacial score (nSPS) is 11.7. The second kappa shape index (κ2) is 6.00. The lowest BCUT2D eigenvalue weighted by Crippen LogP contribution is -2.10. The van der Waals surface area contributed by atoms with Crippen LogP contribution in [-0.4, -0.2) is 29.0 Å². The zero-order valence-electron chi connectivity index (χ0n) is 13.5. The van der Waals surface area contributed by atoms with Gasteiger partial charge in [-0.2, -0.15) is 0 Å². The second-order valence-electron chi connectivity index (χ2n) is 6.09. The lowest BCUT2D eigenvalue weighted by atomic mass is 10.1. The predicted octanol–water partition coefficient (Wildman–Crippen LogP) is 4.87. The number of hydrogen-bond donors (Lipinski definition) is 0. The first kappa shape index (κ1) is 15.3. The minimum Gasteiger partial charge on any atom is -0.453 e. The van der Waals surface area contributed by atoms with Crippen LogP contribution in [0.3, 0.4) is 0 Å². The van der Waals surface area contributed by atoms with Crippen LogP contribution in [0.15, 0.2) is 57.6 Å². The first-order valence-corrected chi connectivity index (χ1v) is 8.48. The lowest BCUT2D eigenvalue weighted by molar-refractivity contribution is 0.402. The molecule has 24 heavy (non-hydrogen) atoms. The number of aromatic nitrogens is 2. The molecule has 2 aromatic heterocycles. The van der Waals surface area contributed by atoms with Gasteiger partial charge in [-0.3, -0.25) is 0 Å². The van der Waals surface area contributed by atoms with Gasteiger partial charge in [-0.15, -0.1) is 0 Å². The molecule has 120 valence electrons. The summed E-state index contributed by atoms with van der Waals surface area (Å²) in [6, 6.07) is 14.3. The van der Waals surface area contributed by atoms with E-state index < -0.39 is 0 Å². The summed E-state index contributed by atoms with van der Waals surface area (Å²) in [4.78, 5) is 11.4. The van der Waals surface area contributed by atoms with E-state index in [-0.39, 0.29) is 0 Å². The number of benzene rings is 2. The van der Waals surface area contributed by atoms with Crippen LogP contribution in [0.5, 0.6) is 0 Å².